The van der Waals surface area contributed by atoms with Crippen LogP contribution in [0.4, 0.5) is 5.69 Å². The van der Waals surface area contributed by atoms with E-state index in [1.54, 1.807) is 18.2 Å². The number of aromatic nitrogens is 1. The Morgan fingerprint density at radius 1 is 1.04 bits per heavy atom. The molecule has 4 aromatic rings. The highest BCUT2D eigenvalue weighted by Gasteiger charge is 2.14. The first-order valence-electron chi connectivity index (χ1n) is 9.15. The number of aryl methyl sites for hydroxylation is 1. The Balaban J connectivity index is 1.59. The summed E-state index contributed by atoms with van der Waals surface area (Å²) in [6, 6.07) is 20.9. The van der Waals surface area contributed by atoms with Crippen molar-refractivity contribution in [1.29, 1.82) is 0 Å². The maximum absolute atomic E-state index is 12.3. The lowest BCUT2D eigenvalue weighted by atomic mass is 10.1. The standard InChI is InChI=1S/C23H19ClN2O2/c1-2-15-8-11-21-20(12-15)26-23(28-21)18-14-17(9-10-19(18)24)25-22(27)13-16-6-4-3-5-7-16/h3-12,14H,2,13H2,1H3,(H,25,27). The Hall–Kier alpha value is -3.11. The van der Waals surface area contributed by atoms with Crippen molar-refractivity contribution in [1.82, 2.24) is 4.98 Å². The van der Waals surface area contributed by atoms with Crippen molar-refractivity contribution in [3.05, 3.63) is 82.9 Å². The largest absolute Gasteiger partial charge is 0.436 e. The number of benzene rings is 3. The third-order valence-electron chi connectivity index (χ3n) is 4.55. The lowest BCUT2D eigenvalue weighted by Gasteiger charge is -2.08. The zero-order valence-corrected chi connectivity index (χ0v) is 16.2. The first-order valence-corrected chi connectivity index (χ1v) is 9.53. The Morgan fingerprint density at radius 2 is 1.86 bits per heavy atom. The van der Waals surface area contributed by atoms with E-state index in [2.05, 4.69) is 17.2 Å². The predicted octanol–water partition coefficient (Wildman–Crippen LogP) is 5.89. The molecule has 0 fully saturated rings. The molecule has 0 radical (unpaired) electrons. The van der Waals surface area contributed by atoms with Gasteiger partial charge in [0.15, 0.2) is 5.58 Å². The van der Waals surface area contributed by atoms with Crippen LogP contribution in [0.2, 0.25) is 5.02 Å². The van der Waals surface area contributed by atoms with Gasteiger partial charge in [-0.1, -0.05) is 54.9 Å². The molecule has 0 aliphatic rings. The third kappa shape index (κ3) is 3.92. The maximum Gasteiger partial charge on any atom is 0.228 e. The van der Waals surface area contributed by atoms with E-state index < -0.39 is 0 Å². The van der Waals surface area contributed by atoms with Crippen LogP contribution in [0.3, 0.4) is 0 Å². The highest BCUT2D eigenvalue weighted by atomic mass is 35.5. The van der Waals surface area contributed by atoms with Gasteiger partial charge < -0.3 is 9.73 Å². The van der Waals surface area contributed by atoms with Crippen LogP contribution in [0, 0.1) is 0 Å². The van der Waals surface area contributed by atoms with Crippen molar-refractivity contribution in [2.45, 2.75) is 19.8 Å². The molecule has 0 aliphatic heterocycles. The molecule has 1 aromatic heterocycles. The number of carbonyl (C=O) groups is 1. The fourth-order valence-electron chi connectivity index (χ4n) is 3.06. The fourth-order valence-corrected chi connectivity index (χ4v) is 3.26. The summed E-state index contributed by atoms with van der Waals surface area (Å²) < 4.78 is 5.88. The van der Waals surface area contributed by atoms with Gasteiger partial charge in [0.25, 0.3) is 0 Å². The molecule has 0 atom stereocenters. The van der Waals surface area contributed by atoms with Gasteiger partial charge in [-0.2, -0.15) is 0 Å². The number of fused-ring (bicyclic) bond motifs is 1. The molecule has 0 aliphatic carbocycles. The highest BCUT2D eigenvalue weighted by Crippen LogP contribution is 2.32. The Bertz CT molecular complexity index is 1140. The number of oxazole rings is 1. The predicted molar refractivity (Wildman–Crippen MR) is 113 cm³/mol. The van der Waals surface area contributed by atoms with E-state index in [1.165, 1.54) is 5.56 Å². The molecule has 1 N–H and O–H groups in total. The fraction of sp³-hybridized carbons (Fsp3) is 0.130. The minimum absolute atomic E-state index is 0.0929. The first-order chi connectivity index (χ1) is 13.6. The molecular weight excluding hydrogens is 372 g/mol. The van der Waals surface area contributed by atoms with Gasteiger partial charge >= 0.3 is 0 Å². The normalized spacial score (nSPS) is 10.9. The average molecular weight is 391 g/mol. The van der Waals surface area contributed by atoms with Gasteiger partial charge in [0, 0.05) is 5.69 Å². The summed E-state index contributed by atoms with van der Waals surface area (Å²) >= 11 is 6.37. The van der Waals surface area contributed by atoms with Crippen LogP contribution >= 0.6 is 11.6 Å². The van der Waals surface area contributed by atoms with Crippen LogP contribution in [-0.4, -0.2) is 10.9 Å². The van der Waals surface area contributed by atoms with E-state index in [9.17, 15) is 4.79 Å². The van der Waals surface area contributed by atoms with Crippen LogP contribution < -0.4 is 5.32 Å². The molecule has 0 spiro atoms. The van der Waals surface area contributed by atoms with Crippen LogP contribution in [0.5, 0.6) is 0 Å². The van der Waals surface area contributed by atoms with E-state index >= 15 is 0 Å². The van der Waals surface area contributed by atoms with Gasteiger partial charge in [0.05, 0.1) is 17.0 Å². The summed E-state index contributed by atoms with van der Waals surface area (Å²) in [6.07, 6.45) is 1.24. The molecule has 1 heterocycles. The summed E-state index contributed by atoms with van der Waals surface area (Å²) in [6.45, 7) is 2.10. The van der Waals surface area contributed by atoms with Gasteiger partial charge in [0.1, 0.15) is 5.52 Å². The summed E-state index contributed by atoms with van der Waals surface area (Å²) in [5, 5.41) is 3.43. The van der Waals surface area contributed by atoms with Crippen LogP contribution in [0.1, 0.15) is 18.1 Å². The number of halogens is 1. The lowest BCUT2D eigenvalue weighted by Crippen LogP contribution is -2.14. The second kappa shape index (κ2) is 7.87. The Labute approximate surface area is 168 Å². The molecule has 0 saturated heterocycles. The van der Waals surface area contributed by atoms with Gasteiger partial charge in [-0.15, -0.1) is 0 Å². The highest BCUT2D eigenvalue weighted by molar-refractivity contribution is 6.33. The molecule has 140 valence electrons. The quantitative estimate of drug-likeness (QED) is 0.462. The van der Waals surface area contributed by atoms with Crippen molar-refractivity contribution in [2.24, 2.45) is 0 Å². The van der Waals surface area contributed by atoms with Crippen molar-refractivity contribution < 1.29 is 9.21 Å². The number of carbonyl (C=O) groups excluding carboxylic acids is 1. The number of nitrogens with zero attached hydrogens (tertiary/aromatic N) is 1. The summed E-state index contributed by atoms with van der Waals surface area (Å²) in [4.78, 5) is 16.9. The monoisotopic (exact) mass is 390 g/mol. The zero-order valence-electron chi connectivity index (χ0n) is 15.4. The number of amides is 1. The van der Waals surface area contributed by atoms with Gasteiger partial charge in [0.2, 0.25) is 11.8 Å². The lowest BCUT2D eigenvalue weighted by molar-refractivity contribution is -0.115. The van der Waals surface area contributed by atoms with E-state index in [-0.39, 0.29) is 5.91 Å². The van der Waals surface area contributed by atoms with Crippen LogP contribution in [0.25, 0.3) is 22.6 Å². The average Bonchev–Trinajstić information content (AvgIpc) is 3.13. The SMILES string of the molecule is CCc1ccc2oc(-c3cc(NC(=O)Cc4ccccc4)ccc3Cl)nc2c1. The first kappa shape index (κ1) is 18.3. The van der Waals surface area contributed by atoms with E-state index in [4.69, 9.17) is 16.0 Å². The minimum Gasteiger partial charge on any atom is -0.436 e. The molecular formula is C23H19ClN2O2. The molecule has 3 aromatic carbocycles. The second-order valence-corrected chi connectivity index (χ2v) is 6.99. The maximum atomic E-state index is 12.3. The molecule has 0 unspecified atom stereocenters. The molecule has 4 nitrogen and oxygen atoms in total. The summed E-state index contributed by atoms with van der Waals surface area (Å²) in [7, 11) is 0. The molecule has 5 heteroatoms. The number of rotatable bonds is 5. The Kier molecular flexibility index (Phi) is 5.13. The topological polar surface area (TPSA) is 55.1 Å². The van der Waals surface area contributed by atoms with Gasteiger partial charge in [-0.25, -0.2) is 4.98 Å². The van der Waals surface area contributed by atoms with E-state index in [1.807, 2.05) is 48.5 Å². The number of hydrogen-bond donors (Lipinski definition) is 1. The molecule has 1 amide bonds. The molecule has 4 rings (SSSR count). The number of nitrogens with one attached hydrogen (secondary N) is 1. The zero-order chi connectivity index (χ0) is 19.5. The Morgan fingerprint density at radius 3 is 2.64 bits per heavy atom. The third-order valence-corrected chi connectivity index (χ3v) is 4.88. The van der Waals surface area contributed by atoms with Gasteiger partial charge in [-0.3, -0.25) is 4.79 Å². The molecule has 28 heavy (non-hydrogen) atoms. The molecule has 0 saturated carbocycles. The van der Waals surface area contributed by atoms with E-state index in [0.29, 0.717) is 34.2 Å². The molecule has 0 bridgehead atoms. The van der Waals surface area contributed by atoms with Gasteiger partial charge in [-0.05, 0) is 47.9 Å². The van der Waals surface area contributed by atoms with Crippen LogP contribution in [-0.2, 0) is 17.6 Å². The second-order valence-electron chi connectivity index (χ2n) is 6.58. The van der Waals surface area contributed by atoms with Crippen molar-refractivity contribution in [3.8, 4) is 11.5 Å². The van der Waals surface area contributed by atoms with Crippen LogP contribution in [0.15, 0.2) is 71.1 Å². The summed E-state index contributed by atoms with van der Waals surface area (Å²) in [5.74, 6) is 0.344. The smallest absolute Gasteiger partial charge is 0.228 e. The van der Waals surface area contributed by atoms with E-state index in [0.717, 1.165) is 17.5 Å². The number of anilines is 1. The van der Waals surface area contributed by atoms with Crippen molar-refractivity contribution >= 4 is 34.3 Å². The van der Waals surface area contributed by atoms with Crippen molar-refractivity contribution in [2.75, 3.05) is 5.32 Å². The number of hydrogen-bond acceptors (Lipinski definition) is 3. The summed E-state index contributed by atoms with van der Waals surface area (Å²) in [5.41, 5.74) is 4.95. The van der Waals surface area contributed by atoms with Crippen molar-refractivity contribution in [3.63, 3.8) is 0 Å². The minimum atomic E-state index is -0.0929.